The maximum Gasteiger partial charge on any atom is 0.221 e. The van der Waals surface area contributed by atoms with E-state index in [1.54, 1.807) is 0 Å². The summed E-state index contributed by atoms with van der Waals surface area (Å²) in [6, 6.07) is 6.02. The zero-order chi connectivity index (χ0) is 13.4. The predicted molar refractivity (Wildman–Crippen MR) is 80.0 cm³/mol. The van der Waals surface area contributed by atoms with Crippen molar-refractivity contribution < 1.29 is 9.53 Å². The molecular weight excluding hydrogens is 264 g/mol. The highest BCUT2D eigenvalue weighted by molar-refractivity contribution is 5.85. The molecule has 1 aromatic rings. The highest BCUT2D eigenvalue weighted by atomic mass is 35.5. The third-order valence-corrected chi connectivity index (χ3v) is 2.60. The summed E-state index contributed by atoms with van der Waals surface area (Å²) in [5.41, 5.74) is 2.17. The van der Waals surface area contributed by atoms with Crippen LogP contribution < -0.4 is 15.4 Å². The van der Waals surface area contributed by atoms with Gasteiger partial charge in [-0.15, -0.1) is 12.4 Å². The lowest BCUT2D eigenvalue weighted by molar-refractivity contribution is -0.121. The number of amides is 1. The standard InChI is InChI=1S/C14H22N2O2.ClH/c1-4-18-13-9-11(2)5-6-12(13)10-16-14(17)7-8-15-3;/h5-6,9,15H,4,7-8,10H2,1-3H3,(H,16,17);1H. The van der Waals surface area contributed by atoms with Gasteiger partial charge < -0.3 is 15.4 Å². The van der Waals surface area contributed by atoms with Crippen LogP contribution >= 0.6 is 12.4 Å². The lowest BCUT2D eigenvalue weighted by Gasteiger charge is -2.12. The summed E-state index contributed by atoms with van der Waals surface area (Å²) in [5, 5.41) is 5.84. The van der Waals surface area contributed by atoms with Crippen LogP contribution in [0.2, 0.25) is 0 Å². The van der Waals surface area contributed by atoms with Gasteiger partial charge in [0.05, 0.1) is 6.61 Å². The monoisotopic (exact) mass is 286 g/mol. The minimum absolute atomic E-state index is 0. The summed E-state index contributed by atoms with van der Waals surface area (Å²) in [4.78, 5) is 11.5. The Morgan fingerprint density at radius 2 is 2.11 bits per heavy atom. The van der Waals surface area contributed by atoms with Crippen molar-refractivity contribution in [2.75, 3.05) is 20.2 Å². The Balaban J connectivity index is 0.00000324. The molecule has 0 spiro atoms. The van der Waals surface area contributed by atoms with Gasteiger partial charge in [0.2, 0.25) is 5.91 Å². The van der Waals surface area contributed by atoms with Crippen LogP contribution in [0.25, 0.3) is 0 Å². The van der Waals surface area contributed by atoms with E-state index in [-0.39, 0.29) is 18.3 Å². The zero-order valence-corrected chi connectivity index (χ0v) is 12.6. The number of carbonyl (C=O) groups excluding carboxylic acids is 1. The van der Waals surface area contributed by atoms with Crippen molar-refractivity contribution in [1.82, 2.24) is 10.6 Å². The first-order valence-corrected chi connectivity index (χ1v) is 6.31. The van der Waals surface area contributed by atoms with E-state index in [0.29, 0.717) is 26.1 Å². The van der Waals surface area contributed by atoms with E-state index in [4.69, 9.17) is 4.74 Å². The molecule has 108 valence electrons. The molecule has 5 heteroatoms. The van der Waals surface area contributed by atoms with E-state index in [2.05, 4.69) is 10.6 Å². The van der Waals surface area contributed by atoms with E-state index < -0.39 is 0 Å². The summed E-state index contributed by atoms with van der Waals surface area (Å²) < 4.78 is 5.57. The quantitative estimate of drug-likeness (QED) is 0.806. The maximum atomic E-state index is 11.5. The number of hydrogen-bond donors (Lipinski definition) is 2. The SMILES string of the molecule is CCOc1cc(C)ccc1CNC(=O)CCNC.Cl. The molecule has 19 heavy (non-hydrogen) atoms. The van der Waals surface area contributed by atoms with Gasteiger partial charge in [-0.25, -0.2) is 0 Å². The molecule has 1 aromatic carbocycles. The Morgan fingerprint density at radius 3 is 2.74 bits per heavy atom. The lowest BCUT2D eigenvalue weighted by atomic mass is 10.1. The average molecular weight is 287 g/mol. The second-order valence-electron chi connectivity index (χ2n) is 4.17. The third kappa shape index (κ3) is 6.45. The van der Waals surface area contributed by atoms with Crippen LogP contribution in [0.1, 0.15) is 24.5 Å². The number of halogens is 1. The molecule has 0 radical (unpaired) electrons. The Hall–Kier alpha value is -1.26. The summed E-state index contributed by atoms with van der Waals surface area (Å²) in [6.07, 6.45) is 0.492. The fourth-order valence-electron chi connectivity index (χ4n) is 1.62. The first kappa shape index (κ1) is 17.7. The minimum Gasteiger partial charge on any atom is -0.494 e. The molecule has 0 bridgehead atoms. The van der Waals surface area contributed by atoms with Gasteiger partial charge in [-0.1, -0.05) is 12.1 Å². The number of hydrogen-bond acceptors (Lipinski definition) is 3. The van der Waals surface area contributed by atoms with E-state index in [9.17, 15) is 4.79 Å². The molecule has 0 atom stereocenters. The molecule has 0 saturated heterocycles. The van der Waals surface area contributed by atoms with Crippen molar-refractivity contribution in [2.24, 2.45) is 0 Å². The number of aryl methyl sites for hydroxylation is 1. The van der Waals surface area contributed by atoms with Crippen LogP contribution in [-0.2, 0) is 11.3 Å². The third-order valence-electron chi connectivity index (χ3n) is 2.60. The lowest BCUT2D eigenvalue weighted by Crippen LogP contribution is -2.26. The Labute approximate surface area is 121 Å². The molecule has 2 N–H and O–H groups in total. The Morgan fingerprint density at radius 1 is 1.37 bits per heavy atom. The summed E-state index contributed by atoms with van der Waals surface area (Å²) in [5.74, 6) is 0.902. The molecule has 1 amide bonds. The highest BCUT2D eigenvalue weighted by Crippen LogP contribution is 2.20. The van der Waals surface area contributed by atoms with Crippen LogP contribution in [0.4, 0.5) is 0 Å². The highest BCUT2D eigenvalue weighted by Gasteiger charge is 2.06. The van der Waals surface area contributed by atoms with Crippen LogP contribution in [0.3, 0.4) is 0 Å². The second-order valence-corrected chi connectivity index (χ2v) is 4.17. The fourth-order valence-corrected chi connectivity index (χ4v) is 1.62. The van der Waals surface area contributed by atoms with Crippen molar-refractivity contribution in [3.05, 3.63) is 29.3 Å². The van der Waals surface area contributed by atoms with Crippen molar-refractivity contribution in [2.45, 2.75) is 26.8 Å². The number of nitrogens with one attached hydrogen (secondary N) is 2. The fraction of sp³-hybridized carbons (Fsp3) is 0.500. The van der Waals surface area contributed by atoms with Gasteiger partial charge in [0, 0.05) is 25.1 Å². The van der Waals surface area contributed by atoms with Crippen molar-refractivity contribution in [3.8, 4) is 5.75 Å². The molecule has 0 unspecified atom stereocenters. The van der Waals surface area contributed by atoms with Crippen molar-refractivity contribution in [1.29, 1.82) is 0 Å². The Kier molecular flexibility index (Phi) is 9.00. The summed E-state index contributed by atoms with van der Waals surface area (Å²) in [7, 11) is 1.83. The average Bonchev–Trinajstić information content (AvgIpc) is 2.36. The molecule has 1 rings (SSSR count). The predicted octanol–water partition coefficient (Wildman–Crippen LogP) is 2.04. The summed E-state index contributed by atoms with van der Waals surface area (Å²) in [6.45, 7) is 5.82. The van der Waals surface area contributed by atoms with Gasteiger partial charge >= 0.3 is 0 Å². The van der Waals surface area contributed by atoms with Crippen molar-refractivity contribution >= 4 is 18.3 Å². The van der Waals surface area contributed by atoms with Gasteiger partial charge in [0.25, 0.3) is 0 Å². The van der Waals surface area contributed by atoms with Crippen LogP contribution in [0.5, 0.6) is 5.75 Å². The first-order valence-electron chi connectivity index (χ1n) is 6.31. The number of carbonyl (C=O) groups is 1. The largest absolute Gasteiger partial charge is 0.494 e. The molecule has 0 saturated carbocycles. The molecule has 4 nitrogen and oxygen atoms in total. The van der Waals surface area contributed by atoms with E-state index in [1.807, 2.05) is 39.1 Å². The van der Waals surface area contributed by atoms with Crippen molar-refractivity contribution in [3.63, 3.8) is 0 Å². The number of rotatable bonds is 7. The molecule has 0 fully saturated rings. The number of ether oxygens (including phenoxy) is 1. The molecular formula is C14H23ClN2O2. The topological polar surface area (TPSA) is 50.4 Å². The Bertz CT molecular complexity index is 397. The molecule has 0 heterocycles. The van der Waals surface area contributed by atoms with Crippen LogP contribution in [0, 0.1) is 6.92 Å². The van der Waals surface area contributed by atoms with E-state index in [0.717, 1.165) is 16.9 Å². The smallest absolute Gasteiger partial charge is 0.221 e. The minimum atomic E-state index is 0. The van der Waals surface area contributed by atoms with E-state index >= 15 is 0 Å². The van der Waals surface area contributed by atoms with Gasteiger partial charge in [0.15, 0.2) is 0 Å². The molecule has 0 aliphatic heterocycles. The van der Waals surface area contributed by atoms with Gasteiger partial charge in [-0.2, -0.15) is 0 Å². The second kappa shape index (κ2) is 9.64. The van der Waals surface area contributed by atoms with Gasteiger partial charge in [-0.3, -0.25) is 4.79 Å². The van der Waals surface area contributed by atoms with Crippen LogP contribution in [0.15, 0.2) is 18.2 Å². The molecule has 0 aliphatic carbocycles. The first-order chi connectivity index (χ1) is 8.67. The normalized spacial score (nSPS) is 9.63. The molecule has 0 aliphatic rings. The van der Waals surface area contributed by atoms with Crippen LogP contribution in [-0.4, -0.2) is 26.1 Å². The van der Waals surface area contributed by atoms with Gasteiger partial charge in [-0.05, 0) is 32.5 Å². The molecule has 0 aromatic heterocycles. The maximum absolute atomic E-state index is 11.5. The van der Waals surface area contributed by atoms with E-state index in [1.165, 1.54) is 0 Å². The van der Waals surface area contributed by atoms with Gasteiger partial charge in [0.1, 0.15) is 5.75 Å². The zero-order valence-electron chi connectivity index (χ0n) is 11.8. The summed E-state index contributed by atoms with van der Waals surface area (Å²) >= 11 is 0. The number of benzene rings is 1.